The van der Waals surface area contributed by atoms with E-state index in [0.717, 1.165) is 17.6 Å². The first-order chi connectivity index (χ1) is 5.60. The van der Waals surface area contributed by atoms with Gasteiger partial charge in [-0.1, -0.05) is 36.5 Å². The molecule has 1 nitrogen and oxygen atoms in total. The molecule has 66 valence electrons. The summed E-state index contributed by atoms with van der Waals surface area (Å²) in [5.41, 5.74) is 8.72. The van der Waals surface area contributed by atoms with Crippen molar-refractivity contribution >= 4 is 0 Å². The number of hydrogen-bond acceptors (Lipinski definition) is 1. The van der Waals surface area contributed by atoms with Crippen LogP contribution in [0, 0.1) is 0 Å². The fourth-order valence-electron chi connectivity index (χ4n) is 0.987. The van der Waals surface area contributed by atoms with Crippen LogP contribution in [0.2, 0.25) is 0 Å². The first-order valence-electron chi connectivity index (χ1n) is 3.96. The van der Waals surface area contributed by atoms with Crippen LogP contribution < -0.4 is 5.73 Å². The second-order valence-corrected chi connectivity index (χ2v) is 3.00. The van der Waals surface area contributed by atoms with E-state index < -0.39 is 0 Å². The molecule has 0 saturated carbocycles. The van der Waals surface area contributed by atoms with Gasteiger partial charge in [-0.2, -0.15) is 0 Å². The molecule has 0 atom stereocenters. The maximum Gasteiger partial charge on any atom is 0.00112 e. The maximum atomic E-state index is 5.36. The number of hydrogen-bond donors (Lipinski definition) is 1. The number of rotatable bonds is 4. The number of nitrogens with two attached hydrogens (primary N) is 1. The Morgan fingerprint density at radius 3 is 2.33 bits per heavy atom. The van der Waals surface area contributed by atoms with E-state index in [-0.39, 0.29) is 0 Å². The lowest BCUT2D eigenvalue weighted by Gasteiger charge is -2.00. The minimum absolute atomic E-state index is 0.922. The molecule has 12 heavy (non-hydrogen) atoms. The topological polar surface area (TPSA) is 26.0 Å². The van der Waals surface area contributed by atoms with Crippen LogP contribution in [0.1, 0.15) is 20.3 Å². The largest absolute Gasteiger partial charge is 0.404 e. The highest BCUT2D eigenvalue weighted by atomic mass is 14.5. The molecule has 0 aromatic rings. The van der Waals surface area contributed by atoms with Gasteiger partial charge in [0.2, 0.25) is 0 Å². The quantitative estimate of drug-likeness (QED) is 0.500. The average molecular weight is 163 g/mol. The molecular weight excluding hydrogens is 146 g/mol. The van der Waals surface area contributed by atoms with Crippen molar-refractivity contribution in [1.29, 1.82) is 0 Å². The van der Waals surface area contributed by atoms with Gasteiger partial charge < -0.3 is 5.73 Å². The minimum Gasteiger partial charge on any atom is -0.404 e. The first kappa shape index (κ1) is 10.8. The Bertz CT molecular complexity index is 231. The van der Waals surface area contributed by atoms with Crippen LogP contribution in [0.5, 0.6) is 0 Å². The lowest BCUT2D eigenvalue weighted by Crippen LogP contribution is -1.85. The van der Waals surface area contributed by atoms with Crippen molar-refractivity contribution in [3.8, 4) is 0 Å². The fourth-order valence-corrected chi connectivity index (χ4v) is 0.987. The van der Waals surface area contributed by atoms with E-state index in [0.29, 0.717) is 0 Å². The van der Waals surface area contributed by atoms with Gasteiger partial charge in [-0.15, -0.1) is 0 Å². The molecule has 0 saturated heterocycles. The lowest BCUT2D eigenvalue weighted by molar-refractivity contribution is 1.11. The monoisotopic (exact) mass is 163 g/mol. The third-order valence-corrected chi connectivity index (χ3v) is 1.42. The van der Waals surface area contributed by atoms with E-state index in [9.17, 15) is 0 Å². The highest BCUT2D eigenvalue weighted by Gasteiger charge is 1.91. The van der Waals surface area contributed by atoms with Crippen molar-refractivity contribution in [1.82, 2.24) is 0 Å². The van der Waals surface area contributed by atoms with Gasteiger partial charge in [0.25, 0.3) is 0 Å². The standard InChI is InChI=1S/C11H17N/c1-5-11(8-12)7-10(4)6-9(2)3/h5,7-8H,1-2,6,12H2,3-4H3/b10-7+,11-8-. The Morgan fingerprint density at radius 2 is 2.00 bits per heavy atom. The maximum absolute atomic E-state index is 5.36. The normalized spacial score (nSPS) is 12.8. The predicted octanol–water partition coefficient (Wildman–Crippen LogP) is 2.93. The van der Waals surface area contributed by atoms with E-state index in [1.54, 1.807) is 12.3 Å². The van der Waals surface area contributed by atoms with Crippen LogP contribution in [0.3, 0.4) is 0 Å². The number of allylic oxidation sites excluding steroid dienone is 5. The zero-order valence-electron chi connectivity index (χ0n) is 7.93. The summed E-state index contributed by atoms with van der Waals surface area (Å²) in [6.45, 7) is 11.6. The van der Waals surface area contributed by atoms with Gasteiger partial charge in [0, 0.05) is 6.20 Å². The molecule has 0 aliphatic rings. The van der Waals surface area contributed by atoms with Gasteiger partial charge in [0.1, 0.15) is 0 Å². The zero-order valence-corrected chi connectivity index (χ0v) is 7.93. The molecule has 0 amide bonds. The molecule has 0 aliphatic carbocycles. The van der Waals surface area contributed by atoms with Crippen molar-refractivity contribution in [2.24, 2.45) is 5.73 Å². The van der Waals surface area contributed by atoms with Gasteiger partial charge in [-0.25, -0.2) is 0 Å². The molecule has 0 bridgehead atoms. The van der Waals surface area contributed by atoms with Gasteiger partial charge in [-0.3, -0.25) is 0 Å². The Hall–Kier alpha value is -1.24. The molecule has 0 aromatic carbocycles. The Morgan fingerprint density at radius 1 is 1.42 bits per heavy atom. The molecule has 0 unspecified atom stereocenters. The molecule has 0 aliphatic heterocycles. The molecule has 2 N–H and O–H groups in total. The summed E-state index contributed by atoms with van der Waals surface area (Å²) in [4.78, 5) is 0. The van der Waals surface area contributed by atoms with Crippen LogP contribution >= 0.6 is 0 Å². The van der Waals surface area contributed by atoms with Crippen molar-refractivity contribution < 1.29 is 0 Å². The Balaban J connectivity index is 4.33. The van der Waals surface area contributed by atoms with Gasteiger partial charge in [0.05, 0.1) is 0 Å². The highest BCUT2D eigenvalue weighted by molar-refractivity contribution is 5.31. The lowest BCUT2D eigenvalue weighted by atomic mass is 10.1. The third-order valence-electron chi connectivity index (χ3n) is 1.42. The van der Waals surface area contributed by atoms with Crippen molar-refractivity contribution in [3.05, 3.63) is 48.2 Å². The second kappa shape index (κ2) is 5.42. The molecule has 0 heterocycles. The van der Waals surface area contributed by atoms with E-state index in [2.05, 4.69) is 20.1 Å². The van der Waals surface area contributed by atoms with E-state index in [4.69, 9.17) is 5.73 Å². The summed E-state index contributed by atoms with van der Waals surface area (Å²) in [5, 5.41) is 0. The van der Waals surface area contributed by atoms with Gasteiger partial charge >= 0.3 is 0 Å². The van der Waals surface area contributed by atoms with Crippen LogP contribution in [-0.2, 0) is 0 Å². The predicted molar refractivity (Wildman–Crippen MR) is 55.7 cm³/mol. The van der Waals surface area contributed by atoms with Crippen LogP contribution in [0.4, 0.5) is 0 Å². The van der Waals surface area contributed by atoms with Crippen molar-refractivity contribution in [2.45, 2.75) is 20.3 Å². The average Bonchev–Trinajstić information content (AvgIpc) is 1.98. The third kappa shape index (κ3) is 4.56. The summed E-state index contributed by atoms with van der Waals surface area (Å²) >= 11 is 0. The van der Waals surface area contributed by atoms with E-state index >= 15 is 0 Å². The summed E-state index contributed by atoms with van der Waals surface area (Å²) in [6.07, 6.45) is 6.23. The van der Waals surface area contributed by atoms with Crippen molar-refractivity contribution in [2.75, 3.05) is 0 Å². The minimum atomic E-state index is 0.922. The van der Waals surface area contributed by atoms with Gasteiger partial charge in [-0.05, 0) is 25.8 Å². The molecule has 0 aromatic heterocycles. The Labute approximate surface area is 75.0 Å². The molecule has 0 spiro atoms. The van der Waals surface area contributed by atoms with Crippen molar-refractivity contribution in [3.63, 3.8) is 0 Å². The molecule has 0 radical (unpaired) electrons. The summed E-state index contributed by atoms with van der Waals surface area (Å²) in [6, 6.07) is 0. The van der Waals surface area contributed by atoms with Crippen LogP contribution in [0.25, 0.3) is 0 Å². The van der Waals surface area contributed by atoms with Gasteiger partial charge in [0.15, 0.2) is 0 Å². The zero-order chi connectivity index (χ0) is 9.56. The smallest absolute Gasteiger partial charge is 0.00112 e. The summed E-state index contributed by atoms with van der Waals surface area (Å²) in [5.74, 6) is 0. The van der Waals surface area contributed by atoms with Crippen LogP contribution in [0.15, 0.2) is 48.2 Å². The fraction of sp³-hybridized carbons (Fsp3) is 0.273. The Kier molecular flexibility index (Phi) is 4.86. The summed E-state index contributed by atoms with van der Waals surface area (Å²) in [7, 11) is 0. The SMILES string of the molecule is C=CC(=C/N)/C=C(\C)CC(=C)C. The molecule has 1 heteroatoms. The molecule has 0 fully saturated rings. The first-order valence-corrected chi connectivity index (χ1v) is 3.96. The second-order valence-electron chi connectivity index (χ2n) is 3.00. The molecule has 0 rings (SSSR count). The highest BCUT2D eigenvalue weighted by Crippen LogP contribution is 2.10. The summed E-state index contributed by atoms with van der Waals surface area (Å²) < 4.78 is 0. The van der Waals surface area contributed by atoms with E-state index in [1.165, 1.54) is 5.57 Å². The van der Waals surface area contributed by atoms with E-state index in [1.807, 2.05) is 13.0 Å². The molecular formula is C11H17N. The van der Waals surface area contributed by atoms with Crippen LogP contribution in [-0.4, -0.2) is 0 Å².